The molecule has 2 rings (SSSR count). The zero-order valence-corrected chi connectivity index (χ0v) is 14.0. The molecule has 0 aliphatic rings. The number of hydrogen-bond donors (Lipinski definition) is 0. The highest BCUT2D eigenvalue weighted by Gasteiger charge is 2.34. The Morgan fingerprint density at radius 1 is 1.12 bits per heavy atom. The smallest absolute Gasteiger partial charge is 0.417 e. The molecule has 3 nitrogen and oxygen atoms in total. The van der Waals surface area contributed by atoms with Gasteiger partial charge in [0.2, 0.25) is 0 Å². The molecule has 0 aliphatic carbocycles. The number of hydrogen-bond acceptors (Lipinski definition) is 3. The van der Waals surface area contributed by atoms with Crippen LogP contribution >= 0.6 is 11.6 Å². The molecule has 0 atom stereocenters. The molecule has 134 valence electrons. The first kappa shape index (κ1) is 19.1. The second-order valence-electron chi connectivity index (χ2n) is 5.11. The van der Waals surface area contributed by atoms with Crippen LogP contribution in [0.15, 0.2) is 30.3 Å². The molecular formula is C17H13ClF4O3. The van der Waals surface area contributed by atoms with Crippen LogP contribution in [-0.4, -0.2) is 20.2 Å². The summed E-state index contributed by atoms with van der Waals surface area (Å²) in [5, 5.41) is -0.609. The Balaban J connectivity index is 2.60. The zero-order chi connectivity index (χ0) is 18.8. The van der Waals surface area contributed by atoms with Gasteiger partial charge in [0.15, 0.2) is 0 Å². The molecule has 0 saturated heterocycles. The van der Waals surface area contributed by atoms with Gasteiger partial charge in [0, 0.05) is 12.5 Å². The summed E-state index contributed by atoms with van der Waals surface area (Å²) in [6.07, 6.45) is -4.79. The maximum Gasteiger partial charge on any atom is 0.417 e. The summed E-state index contributed by atoms with van der Waals surface area (Å²) in [6, 6.07) is 5.33. The molecular weight excluding hydrogens is 364 g/mol. The van der Waals surface area contributed by atoms with Gasteiger partial charge >= 0.3 is 12.1 Å². The minimum atomic E-state index is -4.69. The Labute approximate surface area is 146 Å². The fourth-order valence-electron chi connectivity index (χ4n) is 2.35. The summed E-state index contributed by atoms with van der Waals surface area (Å²) in [4.78, 5) is 11.9. The van der Waals surface area contributed by atoms with Gasteiger partial charge in [-0.15, -0.1) is 0 Å². The Morgan fingerprint density at radius 2 is 1.80 bits per heavy atom. The molecule has 25 heavy (non-hydrogen) atoms. The molecule has 0 unspecified atom stereocenters. The van der Waals surface area contributed by atoms with Crippen LogP contribution in [0.25, 0.3) is 0 Å². The molecule has 0 saturated carbocycles. The van der Waals surface area contributed by atoms with Crippen LogP contribution in [0.2, 0.25) is 5.02 Å². The first-order chi connectivity index (χ1) is 11.7. The molecule has 0 aromatic heterocycles. The van der Waals surface area contributed by atoms with Crippen molar-refractivity contribution < 1.29 is 31.8 Å². The number of ether oxygens (including phenoxy) is 2. The van der Waals surface area contributed by atoms with Crippen LogP contribution in [-0.2, 0) is 17.3 Å². The number of rotatable bonds is 4. The third-order valence-electron chi connectivity index (χ3n) is 3.53. The van der Waals surface area contributed by atoms with Gasteiger partial charge < -0.3 is 9.47 Å². The molecule has 0 N–H and O–H groups in total. The summed E-state index contributed by atoms with van der Waals surface area (Å²) in [7, 11) is 2.42. The summed E-state index contributed by atoms with van der Waals surface area (Å²) >= 11 is 5.67. The van der Waals surface area contributed by atoms with Crippen molar-refractivity contribution in [3.63, 3.8) is 0 Å². The topological polar surface area (TPSA) is 35.5 Å². The standard InChI is InChI=1S/C17H13ClF4O3/c1-24-15-7-11(19)4-3-9(15)5-10-6-13(17(20,21)22)14(18)8-12(10)16(23)25-2/h3-4,6-8H,5H2,1-2H3. The number of methoxy groups -OCH3 is 2. The molecule has 8 heteroatoms. The van der Waals surface area contributed by atoms with Crippen molar-refractivity contribution in [2.75, 3.05) is 14.2 Å². The molecule has 0 radical (unpaired) electrons. The van der Waals surface area contributed by atoms with Gasteiger partial charge in [0.1, 0.15) is 11.6 Å². The quantitative estimate of drug-likeness (QED) is 0.563. The van der Waals surface area contributed by atoms with Gasteiger partial charge in [0.25, 0.3) is 0 Å². The van der Waals surface area contributed by atoms with E-state index in [0.29, 0.717) is 5.56 Å². The Kier molecular flexibility index (Phi) is 5.57. The molecule has 0 heterocycles. The number of benzene rings is 2. The van der Waals surface area contributed by atoms with Gasteiger partial charge in [-0.2, -0.15) is 13.2 Å². The summed E-state index contributed by atoms with van der Waals surface area (Å²) in [6.45, 7) is 0. The van der Waals surface area contributed by atoms with Crippen LogP contribution in [0.1, 0.15) is 27.0 Å². The highest BCUT2D eigenvalue weighted by molar-refractivity contribution is 6.31. The first-order valence-corrected chi connectivity index (χ1v) is 7.35. The van der Waals surface area contributed by atoms with Crippen LogP contribution in [0.3, 0.4) is 0 Å². The van der Waals surface area contributed by atoms with E-state index in [-0.39, 0.29) is 23.3 Å². The van der Waals surface area contributed by atoms with Gasteiger partial charge in [-0.1, -0.05) is 17.7 Å². The average molecular weight is 377 g/mol. The highest BCUT2D eigenvalue weighted by atomic mass is 35.5. The average Bonchev–Trinajstić information content (AvgIpc) is 2.55. The highest BCUT2D eigenvalue weighted by Crippen LogP contribution is 2.37. The molecule has 0 aliphatic heterocycles. The van der Waals surface area contributed by atoms with Crippen molar-refractivity contribution in [1.82, 2.24) is 0 Å². The molecule has 2 aromatic carbocycles. The summed E-state index contributed by atoms with van der Waals surface area (Å²) < 4.78 is 62.2. The Bertz CT molecular complexity index is 803. The van der Waals surface area contributed by atoms with Crippen molar-refractivity contribution in [3.8, 4) is 5.75 Å². The van der Waals surface area contributed by atoms with E-state index in [9.17, 15) is 22.4 Å². The maximum atomic E-state index is 13.3. The van der Waals surface area contributed by atoms with Crippen LogP contribution in [0.5, 0.6) is 5.75 Å². The van der Waals surface area contributed by atoms with Crippen molar-refractivity contribution in [1.29, 1.82) is 0 Å². The number of halogens is 5. The van der Waals surface area contributed by atoms with Gasteiger partial charge in [-0.25, -0.2) is 9.18 Å². The lowest BCUT2D eigenvalue weighted by Crippen LogP contribution is -2.12. The lowest BCUT2D eigenvalue weighted by atomic mass is 9.96. The van der Waals surface area contributed by atoms with Crippen molar-refractivity contribution >= 4 is 17.6 Å². The van der Waals surface area contributed by atoms with E-state index in [2.05, 4.69) is 4.74 Å². The van der Waals surface area contributed by atoms with Crippen molar-refractivity contribution in [2.24, 2.45) is 0 Å². The fraction of sp³-hybridized carbons (Fsp3) is 0.235. The second kappa shape index (κ2) is 7.31. The lowest BCUT2D eigenvalue weighted by molar-refractivity contribution is -0.137. The van der Waals surface area contributed by atoms with E-state index in [1.54, 1.807) is 0 Å². The third-order valence-corrected chi connectivity index (χ3v) is 3.85. The predicted octanol–water partition coefficient (Wildman–Crippen LogP) is 4.88. The van der Waals surface area contributed by atoms with Crippen molar-refractivity contribution in [2.45, 2.75) is 12.6 Å². The summed E-state index contributed by atoms with van der Waals surface area (Å²) in [5.41, 5.74) is -0.734. The molecule has 0 amide bonds. The lowest BCUT2D eigenvalue weighted by Gasteiger charge is -2.16. The maximum absolute atomic E-state index is 13.3. The number of esters is 1. The third kappa shape index (κ3) is 4.22. The first-order valence-electron chi connectivity index (χ1n) is 6.97. The van der Waals surface area contributed by atoms with E-state index in [0.717, 1.165) is 31.4 Å². The van der Waals surface area contributed by atoms with E-state index >= 15 is 0 Å². The fourth-order valence-corrected chi connectivity index (χ4v) is 2.62. The normalized spacial score (nSPS) is 11.3. The van der Waals surface area contributed by atoms with Crippen LogP contribution in [0.4, 0.5) is 17.6 Å². The van der Waals surface area contributed by atoms with E-state index in [1.807, 2.05) is 0 Å². The second-order valence-corrected chi connectivity index (χ2v) is 5.52. The Hall–Kier alpha value is -2.28. The van der Waals surface area contributed by atoms with Gasteiger partial charge in [-0.05, 0) is 29.3 Å². The van der Waals surface area contributed by atoms with Crippen molar-refractivity contribution in [3.05, 3.63) is 63.4 Å². The van der Waals surface area contributed by atoms with E-state index in [4.69, 9.17) is 16.3 Å². The SMILES string of the molecule is COC(=O)c1cc(Cl)c(C(F)(F)F)cc1Cc1ccc(F)cc1OC. The zero-order valence-electron chi connectivity index (χ0n) is 13.2. The number of alkyl halides is 3. The monoisotopic (exact) mass is 376 g/mol. The summed E-state index contributed by atoms with van der Waals surface area (Å²) in [5.74, 6) is -1.23. The minimum absolute atomic E-state index is 0.0356. The molecule has 0 spiro atoms. The molecule has 2 aromatic rings. The van der Waals surface area contributed by atoms with E-state index < -0.39 is 28.5 Å². The number of carbonyl (C=O) groups excluding carboxylic acids is 1. The van der Waals surface area contributed by atoms with Gasteiger partial charge in [-0.3, -0.25) is 0 Å². The number of carbonyl (C=O) groups is 1. The molecule has 0 fully saturated rings. The Morgan fingerprint density at radius 3 is 2.36 bits per heavy atom. The van der Waals surface area contributed by atoms with Crippen LogP contribution < -0.4 is 4.74 Å². The van der Waals surface area contributed by atoms with Gasteiger partial charge in [0.05, 0.1) is 30.4 Å². The largest absolute Gasteiger partial charge is 0.496 e. The van der Waals surface area contributed by atoms with Crippen LogP contribution in [0, 0.1) is 5.82 Å². The predicted molar refractivity (Wildman–Crippen MR) is 83.6 cm³/mol. The van der Waals surface area contributed by atoms with E-state index in [1.165, 1.54) is 13.2 Å². The molecule has 0 bridgehead atoms. The minimum Gasteiger partial charge on any atom is -0.496 e.